The molecule has 0 fully saturated rings. The number of hydrogen-bond acceptors (Lipinski definition) is 2. The zero-order chi connectivity index (χ0) is 11.5. The molecular formula is C12H9FO2S. The van der Waals surface area contributed by atoms with Crippen LogP contribution in [0.25, 0.3) is 11.1 Å². The van der Waals surface area contributed by atoms with Gasteiger partial charge in [0.05, 0.1) is 6.42 Å². The molecular weight excluding hydrogens is 227 g/mol. The van der Waals surface area contributed by atoms with E-state index in [1.165, 1.54) is 23.5 Å². The number of aliphatic carboxylic acids is 1. The summed E-state index contributed by atoms with van der Waals surface area (Å²) < 4.78 is 12.7. The zero-order valence-corrected chi connectivity index (χ0v) is 9.13. The van der Waals surface area contributed by atoms with Crippen molar-refractivity contribution in [2.24, 2.45) is 0 Å². The van der Waals surface area contributed by atoms with E-state index >= 15 is 0 Å². The quantitative estimate of drug-likeness (QED) is 0.888. The normalized spacial score (nSPS) is 10.3. The highest BCUT2D eigenvalue weighted by Gasteiger charge is 2.05. The fraction of sp³-hybridized carbons (Fsp3) is 0.0833. The Kier molecular flexibility index (Phi) is 3.01. The molecule has 2 nitrogen and oxygen atoms in total. The van der Waals surface area contributed by atoms with Crippen LogP contribution in [-0.2, 0) is 11.2 Å². The van der Waals surface area contributed by atoms with Crippen molar-refractivity contribution in [3.05, 3.63) is 46.4 Å². The average Bonchev–Trinajstić information content (AvgIpc) is 2.66. The first-order chi connectivity index (χ1) is 7.65. The first kappa shape index (κ1) is 10.8. The third-order valence-corrected chi connectivity index (χ3v) is 3.09. The lowest BCUT2D eigenvalue weighted by molar-refractivity contribution is -0.136. The molecule has 1 N–H and O–H groups in total. The van der Waals surface area contributed by atoms with Gasteiger partial charge in [0.2, 0.25) is 0 Å². The number of thiophene rings is 1. The van der Waals surface area contributed by atoms with Crippen molar-refractivity contribution in [3.63, 3.8) is 0 Å². The Morgan fingerprint density at radius 2 is 1.94 bits per heavy atom. The van der Waals surface area contributed by atoms with Gasteiger partial charge in [-0.3, -0.25) is 4.79 Å². The maximum Gasteiger partial charge on any atom is 0.308 e. The molecule has 1 aromatic heterocycles. The van der Waals surface area contributed by atoms with Crippen LogP contribution in [-0.4, -0.2) is 11.1 Å². The summed E-state index contributed by atoms with van der Waals surface area (Å²) in [4.78, 5) is 11.3. The van der Waals surface area contributed by atoms with Gasteiger partial charge in [-0.1, -0.05) is 12.1 Å². The summed E-state index contributed by atoms with van der Waals surface area (Å²) in [7, 11) is 0. The Balaban J connectivity index is 2.24. The molecule has 0 saturated carbocycles. The van der Waals surface area contributed by atoms with Crippen LogP contribution in [0.4, 0.5) is 4.39 Å². The molecule has 0 atom stereocenters. The predicted molar refractivity (Wildman–Crippen MR) is 61.1 cm³/mol. The van der Waals surface area contributed by atoms with E-state index in [4.69, 9.17) is 5.11 Å². The van der Waals surface area contributed by atoms with E-state index in [2.05, 4.69) is 0 Å². The fourth-order valence-corrected chi connectivity index (χ4v) is 2.30. The van der Waals surface area contributed by atoms with Gasteiger partial charge in [0.15, 0.2) is 0 Å². The van der Waals surface area contributed by atoms with E-state index in [1.807, 2.05) is 11.4 Å². The Morgan fingerprint density at radius 3 is 2.56 bits per heavy atom. The van der Waals surface area contributed by atoms with Crippen molar-refractivity contribution in [1.82, 2.24) is 0 Å². The summed E-state index contributed by atoms with van der Waals surface area (Å²) >= 11 is 1.40. The maximum absolute atomic E-state index is 12.7. The van der Waals surface area contributed by atoms with Crippen molar-refractivity contribution in [3.8, 4) is 11.1 Å². The number of hydrogen-bond donors (Lipinski definition) is 1. The van der Waals surface area contributed by atoms with Crippen LogP contribution in [0, 0.1) is 5.82 Å². The number of halogens is 1. The van der Waals surface area contributed by atoms with Crippen LogP contribution in [0.1, 0.15) is 4.88 Å². The second-order valence-electron chi connectivity index (χ2n) is 3.38. The molecule has 1 aromatic carbocycles. The molecule has 0 spiro atoms. The van der Waals surface area contributed by atoms with E-state index < -0.39 is 5.97 Å². The minimum atomic E-state index is -0.840. The lowest BCUT2D eigenvalue weighted by Gasteiger charge is -1.96. The minimum absolute atomic E-state index is 0.0336. The third-order valence-electron chi connectivity index (χ3n) is 2.16. The Hall–Kier alpha value is -1.68. The van der Waals surface area contributed by atoms with Crippen molar-refractivity contribution in [2.45, 2.75) is 6.42 Å². The molecule has 16 heavy (non-hydrogen) atoms. The van der Waals surface area contributed by atoms with E-state index in [0.717, 1.165) is 16.0 Å². The number of carboxylic acids is 1. The summed E-state index contributed by atoms with van der Waals surface area (Å²) in [5.74, 6) is -1.11. The van der Waals surface area contributed by atoms with Crippen molar-refractivity contribution in [2.75, 3.05) is 0 Å². The fourth-order valence-electron chi connectivity index (χ4n) is 1.42. The highest BCUT2D eigenvalue weighted by molar-refractivity contribution is 7.10. The molecule has 0 bridgehead atoms. The van der Waals surface area contributed by atoms with Gasteiger partial charge in [-0.05, 0) is 34.7 Å². The summed E-state index contributed by atoms with van der Waals surface area (Å²) in [6.07, 6.45) is 0.0336. The predicted octanol–water partition coefficient (Wildman–Crippen LogP) is 3.18. The lowest BCUT2D eigenvalue weighted by Crippen LogP contribution is -1.97. The van der Waals surface area contributed by atoms with Gasteiger partial charge in [0, 0.05) is 4.88 Å². The summed E-state index contributed by atoms with van der Waals surface area (Å²) in [6.45, 7) is 0. The van der Waals surface area contributed by atoms with Gasteiger partial charge in [0.25, 0.3) is 0 Å². The summed E-state index contributed by atoms with van der Waals surface area (Å²) in [5, 5.41) is 10.5. The Labute approximate surface area is 96.0 Å². The molecule has 0 aliphatic heterocycles. The van der Waals surface area contributed by atoms with Gasteiger partial charge in [-0.25, -0.2) is 4.39 Å². The molecule has 0 amide bonds. The van der Waals surface area contributed by atoms with Gasteiger partial charge in [0.1, 0.15) is 5.82 Å². The number of carbonyl (C=O) groups is 1. The molecule has 0 radical (unpaired) electrons. The van der Waals surface area contributed by atoms with Crippen LogP contribution in [0.5, 0.6) is 0 Å². The third kappa shape index (κ3) is 2.46. The van der Waals surface area contributed by atoms with Gasteiger partial charge >= 0.3 is 5.97 Å². The second kappa shape index (κ2) is 4.45. The van der Waals surface area contributed by atoms with Crippen LogP contribution in [0.2, 0.25) is 0 Å². The van der Waals surface area contributed by atoms with Crippen molar-refractivity contribution >= 4 is 17.3 Å². The first-order valence-electron chi connectivity index (χ1n) is 4.70. The smallest absolute Gasteiger partial charge is 0.308 e. The first-order valence-corrected chi connectivity index (χ1v) is 5.58. The van der Waals surface area contributed by atoms with E-state index in [-0.39, 0.29) is 12.2 Å². The molecule has 4 heteroatoms. The average molecular weight is 236 g/mol. The lowest BCUT2D eigenvalue weighted by atomic mass is 10.1. The molecule has 0 saturated heterocycles. The largest absolute Gasteiger partial charge is 0.481 e. The van der Waals surface area contributed by atoms with Crippen LogP contribution in [0.15, 0.2) is 35.7 Å². The number of carboxylic acid groups (broad SMARTS) is 1. The molecule has 0 aliphatic carbocycles. The van der Waals surface area contributed by atoms with Crippen LogP contribution >= 0.6 is 11.3 Å². The van der Waals surface area contributed by atoms with E-state index in [9.17, 15) is 9.18 Å². The van der Waals surface area contributed by atoms with Crippen LogP contribution < -0.4 is 0 Å². The number of benzene rings is 1. The second-order valence-corrected chi connectivity index (χ2v) is 4.37. The molecule has 1 heterocycles. The van der Waals surface area contributed by atoms with E-state index in [0.29, 0.717) is 0 Å². The van der Waals surface area contributed by atoms with Gasteiger partial charge < -0.3 is 5.11 Å². The monoisotopic (exact) mass is 236 g/mol. The summed E-state index contributed by atoms with van der Waals surface area (Å²) in [6, 6.07) is 7.98. The van der Waals surface area contributed by atoms with Gasteiger partial charge in [-0.15, -0.1) is 11.3 Å². The topological polar surface area (TPSA) is 37.3 Å². The highest BCUT2D eigenvalue weighted by atomic mass is 32.1. The Morgan fingerprint density at radius 1 is 1.25 bits per heavy atom. The SMILES string of the molecule is O=C(O)Cc1cc(-c2ccc(F)cc2)cs1. The molecule has 2 aromatic rings. The summed E-state index contributed by atoms with van der Waals surface area (Å²) in [5.41, 5.74) is 1.83. The Bertz CT molecular complexity index is 502. The highest BCUT2D eigenvalue weighted by Crippen LogP contribution is 2.26. The molecule has 2 rings (SSSR count). The minimum Gasteiger partial charge on any atom is -0.481 e. The van der Waals surface area contributed by atoms with E-state index in [1.54, 1.807) is 12.1 Å². The maximum atomic E-state index is 12.7. The number of rotatable bonds is 3. The van der Waals surface area contributed by atoms with Crippen molar-refractivity contribution < 1.29 is 14.3 Å². The van der Waals surface area contributed by atoms with Crippen molar-refractivity contribution in [1.29, 1.82) is 0 Å². The molecule has 0 aliphatic rings. The molecule has 0 unspecified atom stereocenters. The zero-order valence-electron chi connectivity index (χ0n) is 8.31. The molecule has 82 valence electrons. The standard InChI is InChI=1S/C12H9FO2S/c13-10-3-1-8(2-4-10)9-5-11(16-7-9)6-12(14)15/h1-5,7H,6H2,(H,14,15). The van der Waals surface area contributed by atoms with Gasteiger partial charge in [-0.2, -0.15) is 0 Å². The van der Waals surface area contributed by atoms with Crippen LogP contribution in [0.3, 0.4) is 0 Å².